The van der Waals surface area contributed by atoms with E-state index in [4.69, 9.17) is 10.5 Å². The summed E-state index contributed by atoms with van der Waals surface area (Å²) < 4.78 is 33.2. The SMILES string of the molecule is NC1CCC(Oc2ccccc2S(=O)(=O)NC2CC2)C1. The summed E-state index contributed by atoms with van der Waals surface area (Å²) in [6.45, 7) is 0. The van der Waals surface area contributed by atoms with Crippen LogP contribution >= 0.6 is 0 Å². The molecule has 0 saturated heterocycles. The maximum atomic E-state index is 12.3. The van der Waals surface area contributed by atoms with Gasteiger partial charge in [0.05, 0.1) is 0 Å². The molecular formula is C14H20N2O3S. The lowest BCUT2D eigenvalue weighted by molar-refractivity contribution is 0.202. The van der Waals surface area contributed by atoms with E-state index < -0.39 is 10.0 Å². The summed E-state index contributed by atoms with van der Waals surface area (Å²) in [5.41, 5.74) is 5.87. The largest absolute Gasteiger partial charge is 0.489 e. The third-order valence-electron chi connectivity index (χ3n) is 3.76. The van der Waals surface area contributed by atoms with Crippen LogP contribution < -0.4 is 15.2 Å². The molecule has 6 heteroatoms. The van der Waals surface area contributed by atoms with Crippen LogP contribution in [-0.4, -0.2) is 26.6 Å². The molecule has 2 fully saturated rings. The van der Waals surface area contributed by atoms with Gasteiger partial charge in [-0.1, -0.05) is 12.1 Å². The summed E-state index contributed by atoms with van der Waals surface area (Å²) in [5, 5.41) is 0. The van der Waals surface area contributed by atoms with Crippen molar-refractivity contribution in [2.24, 2.45) is 5.73 Å². The Morgan fingerprint density at radius 2 is 1.90 bits per heavy atom. The van der Waals surface area contributed by atoms with Crippen molar-refractivity contribution in [3.8, 4) is 5.75 Å². The summed E-state index contributed by atoms with van der Waals surface area (Å²) in [5.74, 6) is 0.430. The predicted molar refractivity (Wildman–Crippen MR) is 76.0 cm³/mol. The van der Waals surface area contributed by atoms with Crippen molar-refractivity contribution in [3.63, 3.8) is 0 Å². The molecule has 1 aromatic carbocycles. The Hall–Kier alpha value is -1.11. The standard InChI is InChI=1S/C14H20N2O3S/c15-10-5-8-12(9-10)19-13-3-1-2-4-14(13)20(17,18)16-11-6-7-11/h1-4,10-12,16H,5-9,15H2. The zero-order valence-corrected chi connectivity index (χ0v) is 12.1. The van der Waals surface area contributed by atoms with Gasteiger partial charge in [-0.15, -0.1) is 0 Å². The van der Waals surface area contributed by atoms with Crippen molar-refractivity contribution in [1.82, 2.24) is 4.72 Å². The van der Waals surface area contributed by atoms with E-state index in [0.29, 0.717) is 5.75 Å². The lowest BCUT2D eigenvalue weighted by atomic mass is 10.3. The highest BCUT2D eigenvalue weighted by atomic mass is 32.2. The minimum Gasteiger partial charge on any atom is -0.489 e. The number of nitrogens with one attached hydrogen (secondary N) is 1. The van der Waals surface area contributed by atoms with Gasteiger partial charge in [0, 0.05) is 12.1 Å². The van der Waals surface area contributed by atoms with Gasteiger partial charge in [0.15, 0.2) is 0 Å². The van der Waals surface area contributed by atoms with Gasteiger partial charge >= 0.3 is 0 Å². The number of benzene rings is 1. The summed E-state index contributed by atoms with van der Waals surface area (Å²) in [6, 6.07) is 7.07. The molecule has 110 valence electrons. The Labute approximate surface area is 119 Å². The maximum absolute atomic E-state index is 12.3. The Bertz CT molecular complexity index is 584. The second kappa shape index (κ2) is 5.35. The van der Waals surface area contributed by atoms with E-state index in [0.717, 1.165) is 32.1 Å². The zero-order chi connectivity index (χ0) is 14.2. The average molecular weight is 296 g/mol. The van der Waals surface area contributed by atoms with Crippen LogP contribution in [0.25, 0.3) is 0 Å². The zero-order valence-electron chi connectivity index (χ0n) is 11.3. The first-order valence-electron chi connectivity index (χ1n) is 7.08. The highest BCUT2D eigenvalue weighted by molar-refractivity contribution is 7.89. The average Bonchev–Trinajstić information content (AvgIpc) is 3.10. The van der Waals surface area contributed by atoms with E-state index in [1.165, 1.54) is 0 Å². The number of hydrogen-bond donors (Lipinski definition) is 2. The molecule has 2 aliphatic carbocycles. The normalized spacial score (nSPS) is 26.6. The molecule has 0 aromatic heterocycles. The predicted octanol–water partition coefficient (Wildman–Crippen LogP) is 1.39. The molecule has 2 atom stereocenters. The molecule has 1 aromatic rings. The quantitative estimate of drug-likeness (QED) is 0.860. The third kappa shape index (κ3) is 3.13. The maximum Gasteiger partial charge on any atom is 0.244 e. The van der Waals surface area contributed by atoms with Gasteiger partial charge in [0.25, 0.3) is 0 Å². The first-order chi connectivity index (χ1) is 9.54. The van der Waals surface area contributed by atoms with Gasteiger partial charge in [-0.25, -0.2) is 13.1 Å². The molecule has 0 aliphatic heterocycles. The van der Waals surface area contributed by atoms with Crippen molar-refractivity contribution in [2.45, 2.75) is 55.2 Å². The van der Waals surface area contributed by atoms with Gasteiger partial charge in [-0.3, -0.25) is 0 Å². The number of ether oxygens (including phenoxy) is 1. The van der Waals surface area contributed by atoms with E-state index >= 15 is 0 Å². The highest BCUT2D eigenvalue weighted by Crippen LogP contribution is 2.30. The molecule has 0 radical (unpaired) electrons. The fourth-order valence-corrected chi connectivity index (χ4v) is 3.95. The minimum atomic E-state index is -3.49. The first-order valence-corrected chi connectivity index (χ1v) is 8.56. The molecule has 0 bridgehead atoms. The Kier molecular flexibility index (Phi) is 3.70. The Balaban J connectivity index is 1.80. The monoisotopic (exact) mass is 296 g/mol. The van der Waals surface area contributed by atoms with E-state index in [2.05, 4.69) is 4.72 Å². The molecule has 0 spiro atoms. The molecule has 3 N–H and O–H groups in total. The topological polar surface area (TPSA) is 81.4 Å². The smallest absolute Gasteiger partial charge is 0.244 e. The third-order valence-corrected chi connectivity index (χ3v) is 5.32. The summed E-state index contributed by atoms with van der Waals surface area (Å²) >= 11 is 0. The Morgan fingerprint density at radius 1 is 1.15 bits per heavy atom. The van der Waals surface area contributed by atoms with E-state index in [9.17, 15) is 8.42 Å². The molecule has 2 unspecified atom stereocenters. The van der Waals surface area contributed by atoms with Crippen LogP contribution in [0.5, 0.6) is 5.75 Å². The number of sulfonamides is 1. The van der Waals surface area contributed by atoms with E-state index in [1.54, 1.807) is 24.3 Å². The van der Waals surface area contributed by atoms with Gasteiger partial charge in [-0.2, -0.15) is 0 Å². The summed E-state index contributed by atoms with van der Waals surface area (Å²) in [6.07, 6.45) is 4.44. The first kappa shape index (κ1) is 13.9. The summed E-state index contributed by atoms with van der Waals surface area (Å²) in [7, 11) is -3.49. The number of nitrogens with two attached hydrogens (primary N) is 1. The van der Waals surface area contributed by atoms with Crippen LogP contribution in [0, 0.1) is 0 Å². The molecule has 0 amide bonds. The molecule has 2 saturated carbocycles. The van der Waals surface area contributed by atoms with Crippen molar-refractivity contribution in [3.05, 3.63) is 24.3 Å². The second-order valence-electron chi connectivity index (χ2n) is 5.66. The van der Waals surface area contributed by atoms with Gasteiger partial charge in [-0.05, 0) is 44.2 Å². The van der Waals surface area contributed by atoms with Crippen LogP contribution in [0.4, 0.5) is 0 Å². The number of rotatable bonds is 5. The van der Waals surface area contributed by atoms with Crippen LogP contribution in [0.3, 0.4) is 0 Å². The lowest BCUT2D eigenvalue weighted by Crippen LogP contribution is -2.27. The fourth-order valence-electron chi connectivity index (χ4n) is 2.51. The van der Waals surface area contributed by atoms with Crippen LogP contribution in [0.15, 0.2) is 29.2 Å². The summed E-state index contributed by atoms with van der Waals surface area (Å²) in [4.78, 5) is 0.229. The van der Waals surface area contributed by atoms with E-state index in [1.807, 2.05) is 0 Å². The highest BCUT2D eigenvalue weighted by Gasteiger charge is 2.31. The minimum absolute atomic E-state index is 0.0160. The number of hydrogen-bond acceptors (Lipinski definition) is 4. The molecule has 0 heterocycles. The molecule has 20 heavy (non-hydrogen) atoms. The van der Waals surface area contributed by atoms with Crippen molar-refractivity contribution < 1.29 is 13.2 Å². The molecular weight excluding hydrogens is 276 g/mol. The molecule has 2 aliphatic rings. The van der Waals surface area contributed by atoms with Crippen LogP contribution in [0.2, 0.25) is 0 Å². The van der Waals surface area contributed by atoms with E-state index in [-0.39, 0.29) is 23.1 Å². The van der Waals surface area contributed by atoms with Gasteiger partial charge in [0.2, 0.25) is 10.0 Å². The lowest BCUT2D eigenvalue weighted by Gasteiger charge is -2.17. The number of para-hydroxylation sites is 1. The van der Waals surface area contributed by atoms with Crippen molar-refractivity contribution in [1.29, 1.82) is 0 Å². The molecule has 3 rings (SSSR count). The Morgan fingerprint density at radius 3 is 2.55 bits per heavy atom. The molecule has 5 nitrogen and oxygen atoms in total. The fraction of sp³-hybridized carbons (Fsp3) is 0.571. The van der Waals surface area contributed by atoms with Crippen molar-refractivity contribution >= 4 is 10.0 Å². The van der Waals surface area contributed by atoms with Crippen molar-refractivity contribution in [2.75, 3.05) is 0 Å². The second-order valence-corrected chi connectivity index (χ2v) is 7.34. The van der Waals surface area contributed by atoms with Gasteiger partial charge in [0.1, 0.15) is 16.7 Å². The van der Waals surface area contributed by atoms with Crippen LogP contribution in [0.1, 0.15) is 32.1 Å². The van der Waals surface area contributed by atoms with Crippen LogP contribution in [-0.2, 0) is 10.0 Å². The van der Waals surface area contributed by atoms with Gasteiger partial charge < -0.3 is 10.5 Å².